The highest BCUT2D eigenvalue weighted by Crippen LogP contribution is 2.29. The van der Waals surface area contributed by atoms with E-state index in [0.717, 1.165) is 22.4 Å². The Morgan fingerprint density at radius 1 is 1.39 bits per heavy atom. The zero-order valence-electron chi connectivity index (χ0n) is 12.5. The normalized spacial score (nSPS) is 17.7. The van der Waals surface area contributed by atoms with Crippen molar-refractivity contribution in [3.63, 3.8) is 0 Å². The molecular formula is C16H15FN6. The predicted octanol–water partition coefficient (Wildman–Crippen LogP) is 1.77. The van der Waals surface area contributed by atoms with Crippen LogP contribution in [0, 0.1) is 5.82 Å². The van der Waals surface area contributed by atoms with Gasteiger partial charge in [-0.3, -0.25) is 0 Å². The molecule has 23 heavy (non-hydrogen) atoms. The van der Waals surface area contributed by atoms with Crippen LogP contribution in [0.5, 0.6) is 0 Å². The average molecular weight is 310 g/mol. The second kappa shape index (κ2) is 5.13. The number of hydrogen-bond donors (Lipinski definition) is 2. The van der Waals surface area contributed by atoms with E-state index in [4.69, 9.17) is 5.73 Å². The minimum absolute atomic E-state index is 0.113. The summed E-state index contributed by atoms with van der Waals surface area (Å²) >= 11 is 0. The Morgan fingerprint density at radius 3 is 3.13 bits per heavy atom. The molecule has 0 spiro atoms. The second-order valence-electron chi connectivity index (χ2n) is 5.57. The lowest BCUT2D eigenvalue weighted by molar-refractivity contribution is 0.628. The molecule has 0 saturated heterocycles. The zero-order valence-corrected chi connectivity index (χ0v) is 12.5. The third kappa shape index (κ3) is 2.35. The Labute approximate surface area is 131 Å². The standard InChI is InChI=1S/C16H15FN6/c1-9-4-11(12-6-21-16(18)22-14(12)7-20-9)10-5-13(17)15-19-2-3-23(15)8-10/h2-6,8-9,20H,7H2,1H3,(H2,18,21,22)/t9-/m1/s1. The molecule has 0 saturated carbocycles. The monoisotopic (exact) mass is 310 g/mol. The van der Waals surface area contributed by atoms with Gasteiger partial charge in [0.05, 0.1) is 5.69 Å². The minimum Gasteiger partial charge on any atom is -0.368 e. The number of nitrogens with zero attached hydrogens (tertiary/aromatic N) is 4. The van der Waals surface area contributed by atoms with Crippen molar-refractivity contribution >= 4 is 17.2 Å². The molecule has 0 fully saturated rings. The molecule has 0 radical (unpaired) electrons. The van der Waals surface area contributed by atoms with Crippen molar-refractivity contribution in [2.75, 3.05) is 5.73 Å². The number of fused-ring (bicyclic) bond motifs is 2. The fraction of sp³-hybridized carbons (Fsp3) is 0.188. The van der Waals surface area contributed by atoms with Gasteiger partial charge in [0.25, 0.3) is 0 Å². The Hall–Kier alpha value is -2.80. The summed E-state index contributed by atoms with van der Waals surface area (Å²) in [6.07, 6.45) is 8.89. The first-order chi connectivity index (χ1) is 11.1. The molecule has 3 aromatic heterocycles. The summed E-state index contributed by atoms with van der Waals surface area (Å²) < 4.78 is 16.0. The van der Waals surface area contributed by atoms with Crippen LogP contribution in [0.1, 0.15) is 23.7 Å². The summed E-state index contributed by atoms with van der Waals surface area (Å²) in [5.41, 5.74) is 9.29. The van der Waals surface area contributed by atoms with E-state index in [0.29, 0.717) is 12.2 Å². The lowest BCUT2D eigenvalue weighted by Crippen LogP contribution is -2.22. The Morgan fingerprint density at radius 2 is 2.26 bits per heavy atom. The minimum atomic E-state index is -0.365. The van der Waals surface area contributed by atoms with Crippen LogP contribution < -0.4 is 11.1 Å². The maximum absolute atomic E-state index is 14.3. The van der Waals surface area contributed by atoms with Gasteiger partial charge in [0.1, 0.15) is 0 Å². The molecule has 4 rings (SSSR count). The first-order valence-electron chi connectivity index (χ1n) is 7.31. The van der Waals surface area contributed by atoms with Gasteiger partial charge < -0.3 is 15.5 Å². The van der Waals surface area contributed by atoms with Crippen molar-refractivity contribution in [2.24, 2.45) is 0 Å². The average Bonchev–Trinajstić information content (AvgIpc) is 2.94. The number of anilines is 1. The first-order valence-corrected chi connectivity index (χ1v) is 7.31. The maximum Gasteiger partial charge on any atom is 0.220 e. The van der Waals surface area contributed by atoms with Gasteiger partial charge in [-0.05, 0) is 18.6 Å². The number of hydrogen-bond acceptors (Lipinski definition) is 5. The van der Waals surface area contributed by atoms with Crippen LogP contribution in [-0.2, 0) is 6.54 Å². The molecule has 3 aromatic rings. The largest absolute Gasteiger partial charge is 0.368 e. The number of nitrogens with one attached hydrogen (secondary N) is 1. The lowest BCUT2D eigenvalue weighted by atomic mass is 9.98. The number of aromatic nitrogens is 4. The summed E-state index contributed by atoms with van der Waals surface area (Å²) in [5.74, 6) is -0.133. The summed E-state index contributed by atoms with van der Waals surface area (Å²) in [7, 11) is 0. The SMILES string of the molecule is C[C@@H]1C=C(c2cc(F)c3nccn3c2)c2cnc(N)nc2CN1. The van der Waals surface area contributed by atoms with Gasteiger partial charge in [-0.1, -0.05) is 6.08 Å². The fourth-order valence-corrected chi connectivity index (χ4v) is 2.84. The quantitative estimate of drug-likeness (QED) is 0.716. The molecule has 4 heterocycles. The molecule has 0 unspecified atom stereocenters. The number of imidazole rings is 1. The molecular weight excluding hydrogens is 295 g/mol. The smallest absolute Gasteiger partial charge is 0.220 e. The Balaban J connectivity index is 1.94. The molecule has 3 N–H and O–H groups in total. The molecule has 1 atom stereocenters. The third-order valence-corrected chi connectivity index (χ3v) is 3.94. The van der Waals surface area contributed by atoms with Gasteiger partial charge >= 0.3 is 0 Å². The summed E-state index contributed by atoms with van der Waals surface area (Å²) in [5, 5.41) is 3.34. The first kappa shape index (κ1) is 13.8. The van der Waals surface area contributed by atoms with E-state index >= 15 is 0 Å². The van der Waals surface area contributed by atoms with E-state index in [1.165, 1.54) is 6.07 Å². The van der Waals surface area contributed by atoms with Gasteiger partial charge in [-0.15, -0.1) is 0 Å². The summed E-state index contributed by atoms with van der Waals surface area (Å²) in [6, 6.07) is 1.61. The zero-order chi connectivity index (χ0) is 16.0. The van der Waals surface area contributed by atoms with Crippen molar-refractivity contribution in [3.8, 4) is 0 Å². The highest BCUT2D eigenvalue weighted by molar-refractivity contribution is 5.81. The summed E-state index contributed by atoms with van der Waals surface area (Å²) in [4.78, 5) is 12.4. The predicted molar refractivity (Wildman–Crippen MR) is 85.0 cm³/mol. The van der Waals surface area contributed by atoms with E-state index in [1.54, 1.807) is 23.0 Å². The molecule has 0 amide bonds. The van der Waals surface area contributed by atoms with Crippen molar-refractivity contribution in [2.45, 2.75) is 19.5 Å². The molecule has 6 nitrogen and oxygen atoms in total. The van der Waals surface area contributed by atoms with Crippen LogP contribution in [0.15, 0.2) is 36.9 Å². The molecule has 7 heteroatoms. The van der Waals surface area contributed by atoms with E-state index < -0.39 is 0 Å². The van der Waals surface area contributed by atoms with E-state index in [9.17, 15) is 4.39 Å². The van der Waals surface area contributed by atoms with Gasteiger partial charge in [-0.2, -0.15) is 0 Å². The third-order valence-electron chi connectivity index (χ3n) is 3.94. The highest BCUT2D eigenvalue weighted by atomic mass is 19.1. The molecule has 0 aliphatic carbocycles. The number of rotatable bonds is 1. The summed E-state index contributed by atoms with van der Waals surface area (Å²) in [6.45, 7) is 2.62. The van der Waals surface area contributed by atoms with E-state index in [1.807, 2.05) is 19.2 Å². The van der Waals surface area contributed by atoms with Crippen LogP contribution in [0.2, 0.25) is 0 Å². The Bertz CT molecular complexity index is 929. The second-order valence-corrected chi connectivity index (χ2v) is 5.57. The number of nitrogen functional groups attached to an aromatic ring is 1. The van der Waals surface area contributed by atoms with E-state index in [-0.39, 0.29) is 17.8 Å². The number of halogens is 1. The molecule has 0 bridgehead atoms. The topological polar surface area (TPSA) is 81.1 Å². The molecule has 0 aromatic carbocycles. The number of pyridine rings is 1. The van der Waals surface area contributed by atoms with Crippen molar-refractivity contribution in [3.05, 3.63) is 59.6 Å². The van der Waals surface area contributed by atoms with Crippen LogP contribution in [-0.4, -0.2) is 25.4 Å². The number of nitrogens with two attached hydrogens (primary N) is 1. The van der Waals surface area contributed by atoms with E-state index in [2.05, 4.69) is 20.3 Å². The van der Waals surface area contributed by atoms with Gasteiger partial charge in [0.2, 0.25) is 5.95 Å². The van der Waals surface area contributed by atoms with Crippen LogP contribution in [0.4, 0.5) is 10.3 Å². The highest BCUT2D eigenvalue weighted by Gasteiger charge is 2.19. The van der Waals surface area contributed by atoms with Crippen molar-refractivity contribution < 1.29 is 4.39 Å². The van der Waals surface area contributed by atoms with Crippen LogP contribution >= 0.6 is 0 Å². The molecule has 1 aliphatic heterocycles. The molecule has 1 aliphatic rings. The van der Waals surface area contributed by atoms with Crippen LogP contribution in [0.25, 0.3) is 11.2 Å². The maximum atomic E-state index is 14.3. The van der Waals surface area contributed by atoms with Crippen molar-refractivity contribution in [1.29, 1.82) is 0 Å². The van der Waals surface area contributed by atoms with Gasteiger partial charge in [0, 0.05) is 48.5 Å². The van der Waals surface area contributed by atoms with Gasteiger partial charge in [-0.25, -0.2) is 19.3 Å². The van der Waals surface area contributed by atoms with Gasteiger partial charge in [0.15, 0.2) is 11.5 Å². The van der Waals surface area contributed by atoms with Crippen molar-refractivity contribution in [1.82, 2.24) is 24.7 Å². The van der Waals surface area contributed by atoms with Crippen LogP contribution in [0.3, 0.4) is 0 Å². The molecule has 116 valence electrons. The Kier molecular flexibility index (Phi) is 3.09. The lowest BCUT2D eigenvalue weighted by Gasteiger charge is -2.11. The fourth-order valence-electron chi connectivity index (χ4n) is 2.84.